The van der Waals surface area contributed by atoms with Crippen molar-refractivity contribution in [3.8, 4) is 18.2 Å². The molecule has 7 heteroatoms. The van der Waals surface area contributed by atoms with Gasteiger partial charge in [-0.1, -0.05) is 12.2 Å². The van der Waals surface area contributed by atoms with Crippen molar-refractivity contribution in [1.82, 2.24) is 4.90 Å². The number of ether oxygens (including phenoxy) is 1. The minimum Gasteiger partial charge on any atom is -0.480 e. The van der Waals surface area contributed by atoms with Gasteiger partial charge in [-0.05, 0) is 39.0 Å². The van der Waals surface area contributed by atoms with Gasteiger partial charge < -0.3 is 9.64 Å². The molecule has 0 spiro atoms. The normalized spacial score (nSPS) is 18.2. The maximum absolute atomic E-state index is 9.41. The molecule has 1 fully saturated rings. The van der Waals surface area contributed by atoms with Crippen molar-refractivity contribution in [2.75, 3.05) is 18.4 Å². The summed E-state index contributed by atoms with van der Waals surface area (Å²) in [5.41, 5.74) is -0.00855. The van der Waals surface area contributed by atoms with E-state index in [-0.39, 0.29) is 22.2 Å². The van der Waals surface area contributed by atoms with E-state index in [1.54, 1.807) is 12.1 Å². The molecular weight excluding hydrogens is 371 g/mol. The van der Waals surface area contributed by atoms with Gasteiger partial charge >= 0.3 is 0 Å². The van der Waals surface area contributed by atoms with Gasteiger partial charge in [0, 0.05) is 18.7 Å². The van der Waals surface area contributed by atoms with Crippen LogP contribution in [0.2, 0.25) is 0 Å². The van der Waals surface area contributed by atoms with Gasteiger partial charge in [-0.25, -0.2) is 0 Å². The second kappa shape index (κ2) is 10.6. The molecule has 2 aliphatic rings. The minimum atomic E-state index is -0.753. The Kier molecular flexibility index (Phi) is 8.80. The lowest BCUT2D eigenvalue weighted by molar-refractivity contribution is 0.0954. The van der Waals surface area contributed by atoms with Crippen LogP contribution in [0.3, 0.4) is 0 Å². The largest absolute Gasteiger partial charge is 0.480 e. The molecule has 2 rings (SSSR count). The number of nitrogens with zero attached hydrogens (tertiary/aromatic N) is 4. The highest BCUT2D eigenvalue weighted by atomic mass is 35.5. The first-order valence-corrected chi connectivity index (χ1v) is 9.11. The van der Waals surface area contributed by atoms with Gasteiger partial charge in [0.15, 0.2) is 11.3 Å². The molecule has 1 saturated heterocycles. The molecule has 2 heterocycles. The van der Waals surface area contributed by atoms with E-state index in [1.165, 1.54) is 12.8 Å². The summed E-state index contributed by atoms with van der Waals surface area (Å²) in [6.07, 6.45) is 10.1. The zero-order chi connectivity index (χ0) is 19.6. The molecule has 136 valence electrons. The number of likely N-dealkylation sites (tertiary alicyclic amines) is 1. The number of allylic oxidation sites excluding steroid dienone is 4. The Morgan fingerprint density at radius 1 is 1.15 bits per heavy atom. The van der Waals surface area contributed by atoms with Gasteiger partial charge in [-0.15, -0.1) is 23.2 Å². The lowest BCUT2D eigenvalue weighted by Crippen LogP contribution is -2.20. The van der Waals surface area contributed by atoms with E-state index in [4.69, 9.17) is 38.5 Å². The molecule has 0 radical (unpaired) electrons. The lowest BCUT2D eigenvalue weighted by Gasteiger charge is -2.20. The van der Waals surface area contributed by atoms with Crippen molar-refractivity contribution in [3.63, 3.8) is 0 Å². The van der Waals surface area contributed by atoms with Crippen molar-refractivity contribution < 1.29 is 4.74 Å². The molecule has 5 nitrogen and oxygen atoms in total. The second-order valence-corrected chi connectivity index (χ2v) is 6.79. The van der Waals surface area contributed by atoms with Gasteiger partial charge in [-0.3, -0.25) is 0 Å². The summed E-state index contributed by atoms with van der Waals surface area (Å²) in [6, 6.07) is 5.63. The van der Waals surface area contributed by atoms with Crippen LogP contribution in [0.25, 0.3) is 0 Å². The zero-order valence-corrected chi connectivity index (χ0v) is 16.3. The van der Waals surface area contributed by atoms with E-state index in [0.29, 0.717) is 5.57 Å². The zero-order valence-electron chi connectivity index (χ0n) is 14.8. The van der Waals surface area contributed by atoms with Gasteiger partial charge in [-0.2, -0.15) is 15.8 Å². The van der Waals surface area contributed by atoms with E-state index in [2.05, 4.69) is 11.0 Å². The molecule has 0 aromatic rings. The van der Waals surface area contributed by atoms with E-state index in [0.717, 1.165) is 13.1 Å². The average Bonchev–Trinajstić information content (AvgIpc) is 3.20. The topological polar surface area (TPSA) is 83.8 Å². The van der Waals surface area contributed by atoms with Crippen molar-refractivity contribution in [2.45, 2.75) is 32.3 Å². The fourth-order valence-electron chi connectivity index (χ4n) is 2.70. The Hall–Kier alpha value is -2.39. The minimum absolute atomic E-state index is 0.0747. The fraction of sp³-hybridized carbons (Fsp3) is 0.421. The standard InChI is InChI=1S/C18H18N4O.CH2Cl2/c1-18(2)16(7-3-4-8-22-9-5-6-10-22)15(13-21)17(23-18)14(11-19)12-20;2-1-3/h3-4,7-8H,5-6,9-10H2,1-2H3;1H2/b7-3+,8-4+;. The predicted molar refractivity (Wildman–Crippen MR) is 102 cm³/mol. The molecular formula is C19H20Cl2N4O. The first kappa shape index (κ1) is 21.7. The van der Waals surface area contributed by atoms with Crippen molar-refractivity contribution in [2.24, 2.45) is 0 Å². The van der Waals surface area contributed by atoms with E-state index in [1.807, 2.05) is 38.3 Å². The highest BCUT2D eigenvalue weighted by molar-refractivity contribution is 6.40. The highest BCUT2D eigenvalue weighted by Gasteiger charge is 2.38. The Bertz CT molecular complexity index is 736. The van der Waals surface area contributed by atoms with Crippen LogP contribution in [0.1, 0.15) is 26.7 Å². The molecule has 0 bridgehead atoms. The summed E-state index contributed by atoms with van der Waals surface area (Å²) < 4.78 is 5.69. The first-order chi connectivity index (χ1) is 12.4. The van der Waals surface area contributed by atoms with Gasteiger partial charge in [0.05, 0.1) is 5.34 Å². The summed E-state index contributed by atoms with van der Waals surface area (Å²) in [5.74, 6) is 0.0747. The Labute approximate surface area is 164 Å². The van der Waals surface area contributed by atoms with Gasteiger partial charge in [0.25, 0.3) is 0 Å². The van der Waals surface area contributed by atoms with Crippen LogP contribution in [-0.4, -0.2) is 28.9 Å². The van der Waals surface area contributed by atoms with E-state index >= 15 is 0 Å². The molecule has 26 heavy (non-hydrogen) atoms. The van der Waals surface area contributed by atoms with Crippen molar-refractivity contribution in [1.29, 1.82) is 15.8 Å². The smallest absolute Gasteiger partial charge is 0.172 e. The van der Waals surface area contributed by atoms with Crippen LogP contribution in [0.4, 0.5) is 0 Å². The van der Waals surface area contributed by atoms with Crippen LogP contribution < -0.4 is 0 Å². The molecule has 0 amide bonds. The van der Waals surface area contributed by atoms with E-state index < -0.39 is 5.60 Å². The average molecular weight is 391 g/mol. The Morgan fingerprint density at radius 3 is 2.23 bits per heavy atom. The summed E-state index contributed by atoms with van der Waals surface area (Å²) in [5, 5.41) is 27.6. The number of hydrogen-bond acceptors (Lipinski definition) is 5. The third-order valence-corrected chi connectivity index (χ3v) is 3.88. The predicted octanol–water partition coefficient (Wildman–Crippen LogP) is 4.50. The summed E-state index contributed by atoms with van der Waals surface area (Å²) in [6.45, 7) is 5.78. The number of halogens is 2. The third kappa shape index (κ3) is 5.57. The van der Waals surface area contributed by atoms with Crippen LogP contribution in [0, 0.1) is 34.0 Å². The number of alkyl halides is 2. The summed E-state index contributed by atoms with van der Waals surface area (Å²) in [7, 11) is 0. The van der Waals surface area contributed by atoms with E-state index in [9.17, 15) is 5.26 Å². The molecule has 0 atom stereocenters. The van der Waals surface area contributed by atoms with Crippen LogP contribution in [0.15, 0.2) is 46.9 Å². The quantitative estimate of drug-likeness (QED) is 0.402. The maximum atomic E-state index is 9.41. The molecule has 2 aliphatic heterocycles. The van der Waals surface area contributed by atoms with Crippen molar-refractivity contribution >= 4 is 23.2 Å². The van der Waals surface area contributed by atoms with Crippen molar-refractivity contribution in [3.05, 3.63) is 46.9 Å². The SMILES string of the molecule is CC1(C)OC(=C(C#N)C#N)C(C#N)=C1/C=C/C=C/N1CCCC1.ClCCl. The first-order valence-electron chi connectivity index (χ1n) is 8.04. The molecule has 0 aliphatic carbocycles. The Balaban J connectivity index is 0.00000105. The number of nitriles is 3. The van der Waals surface area contributed by atoms with Crippen LogP contribution in [-0.2, 0) is 4.74 Å². The number of rotatable bonds is 3. The summed E-state index contributed by atoms with van der Waals surface area (Å²) in [4.78, 5) is 2.25. The molecule has 0 unspecified atom stereocenters. The maximum Gasteiger partial charge on any atom is 0.172 e. The van der Waals surface area contributed by atoms with Gasteiger partial charge in [0.2, 0.25) is 0 Å². The van der Waals surface area contributed by atoms with Crippen LogP contribution >= 0.6 is 23.2 Å². The Morgan fingerprint density at radius 2 is 1.73 bits per heavy atom. The fourth-order valence-corrected chi connectivity index (χ4v) is 2.70. The highest BCUT2D eigenvalue weighted by Crippen LogP contribution is 2.40. The molecule has 0 aromatic carbocycles. The monoisotopic (exact) mass is 390 g/mol. The van der Waals surface area contributed by atoms with Gasteiger partial charge in [0.1, 0.15) is 29.4 Å². The molecule has 0 saturated carbocycles. The molecule has 0 aromatic heterocycles. The number of hydrogen-bond donors (Lipinski definition) is 0. The second-order valence-electron chi connectivity index (χ2n) is 5.99. The summed E-state index contributed by atoms with van der Waals surface area (Å²) >= 11 is 9.53. The third-order valence-electron chi connectivity index (χ3n) is 3.88. The van der Waals surface area contributed by atoms with Crippen LogP contribution in [0.5, 0.6) is 0 Å². The lowest BCUT2D eigenvalue weighted by atomic mass is 9.95. The molecule has 0 N–H and O–H groups in total.